The molecule has 0 aliphatic heterocycles. The third-order valence-electron chi connectivity index (χ3n) is 4.31. The highest BCUT2D eigenvalue weighted by atomic mass is 16.5. The fourth-order valence-corrected chi connectivity index (χ4v) is 2.52. The summed E-state index contributed by atoms with van der Waals surface area (Å²) in [6, 6.07) is 4.07. The molecule has 19 heavy (non-hydrogen) atoms. The number of ether oxygens (including phenoxy) is 1. The third kappa shape index (κ3) is 2.93. The third-order valence-corrected chi connectivity index (χ3v) is 4.31. The monoisotopic (exact) mass is 265 g/mol. The van der Waals surface area contributed by atoms with Gasteiger partial charge < -0.3 is 14.7 Å². The van der Waals surface area contributed by atoms with E-state index in [-0.39, 0.29) is 5.54 Å². The first-order chi connectivity index (χ1) is 8.77. The van der Waals surface area contributed by atoms with Gasteiger partial charge in [0.05, 0.1) is 7.11 Å². The van der Waals surface area contributed by atoms with E-state index in [0.29, 0.717) is 0 Å². The standard InChI is InChI=1S/C16H27NO2/c1-8-16(4,17(5)6)15(18)14-12(3)9-11(2)10-13(14)19-7/h9-10,15,18H,8H2,1-7H3. The molecule has 1 N–H and O–H groups in total. The zero-order valence-electron chi connectivity index (χ0n) is 13.2. The molecular weight excluding hydrogens is 238 g/mol. The molecule has 0 aromatic heterocycles. The molecule has 0 aliphatic rings. The maximum atomic E-state index is 10.9. The summed E-state index contributed by atoms with van der Waals surface area (Å²) in [5, 5.41) is 10.9. The highest BCUT2D eigenvalue weighted by Crippen LogP contribution is 2.39. The van der Waals surface area contributed by atoms with Crippen molar-refractivity contribution in [2.75, 3.05) is 21.2 Å². The fourth-order valence-electron chi connectivity index (χ4n) is 2.52. The van der Waals surface area contributed by atoms with Crippen LogP contribution in [-0.4, -0.2) is 36.8 Å². The molecule has 2 unspecified atom stereocenters. The van der Waals surface area contributed by atoms with Crippen molar-refractivity contribution in [3.05, 3.63) is 28.8 Å². The molecule has 0 spiro atoms. The quantitative estimate of drug-likeness (QED) is 0.888. The van der Waals surface area contributed by atoms with E-state index in [1.807, 2.05) is 34.0 Å². The Hall–Kier alpha value is -1.06. The minimum atomic E-state index is -0.581. The summed E-state index contributed by atoms with van der Waals surface area (Å²) in [6.45, 7) is 8.24. The lowest BCUT2D eigenvalue weighted by Gasteiger charge is -2.41. The number of hydrogen-bond acceptors (Lipinski definition) is 3. The Bertz CT molecular complexity index is 443. The van der Waals surface area contributed by atoms with Gasteiger partial charge in [-0.15, -0.1) is 0 Å². The molecule has 0 radical (unpaired) electrons. The first-order valence-corrected chi connectivity index (χ1v) is 6.78. The van der Waals surface area contributed by atoms with Crippen LogP contribution in [0.15, 0.2) is 12.1 Å². The molecule has 0 bridgehead atoms. The van der Waals surface area contributed by atoms with Crippen LogP contribution >= 0.6 is 0 Å². The zero-order chi connectivity index (χ0) is 14.8. The molecule has 0 amide bonds. The Morgan fingerprint density at radius 3 is 2.32 bits per heavy atom. The number of benzene rings is 1. The minimum absolute atomic E-state index is 0.312. The van der Waals surface area contributed by atoms with Crippen LogP contribution in [0.3, 0.4) is 0 Å². The Kier molecular flexibility index (Phi) is 4.99. The van der Waals surface area contributed by atoms with E-state index in [2.05, 4.69) is 24.8 Å². The summed E-state index contributed by atoms with van der Waals surface area (Å²) < 4.78 is 5.47. The summed E-state index contributed by atoms with van der Waals surface area (Å²) in [7, 11) is 5.66. The molecule has 3 heteroatoms. The van der Waals surface area contributed by atoms with Crippen molar-refractivity contribution in [3.63, 3.8) is 0 Å². The van der Waals surface area contributed by atoms with Crippen LogP contribution in [0, 0.1) is 13.8 Å². The summed E-state index contributed by atoms with van der Waals surface area (Å²) in [6.07, 6.45) is 0.278. The molecule has 0 saturated heterocycles. The molecule has 0 saturated carbocycles. The second-order valence-electron chi connectivity index (χ2n) is 5.71. The van der Waals surface area contributed by atoms with Gasteiger partial charge in [-0.3, -0.25) is 0 Å². The average molecular weight is 265 g/mol. The Morgan fingerprint density at radius 2 is 1.89 bits per heavy atom. The lowest BCUT2D eigenvalue weighted by atomic mass is 9.83. The van der Waals surface area contributed by atoms with Crippen LogP contribution < -0.4 is 4.74 Å². The first-order valence-electron chi connectivity index (χ1n) is 6.78. The Balaban J connectivity index is 3.37. The number of aryl methyl sites for hydroxylation is 2. The topological polar surface area (TPSA) is 32.7 Å². The number of hydrogen-bond donors (Lipinski definition) is 1. The molecule has 108 valence electrons. The maximum absolute atomic E-state index is 10.9. The molecule has 1 rings (SSSR count). The molecule has 1 aromatic rings. The normalized spacial score (nSPS) is 16.3. The van der Waals surface area contributed by atoms with E-state index < -0.39 is 6.10 Å². The number of aliphatic hydroxyl groups excluding tert-OH is 1. The summed E-state index contributed by atoms with van der Waals surface area (Å²) in [5.41, 5.74) is 2.80. The zero-order valence-corrected chi connectivity index (χ0v) is 13.2. The van der Waals surface area contributed by atoms with Crippen molar-refractivity contribution < 1.29 is 9.84 Å². The molecule has 0 aliphatic carbocycles. The smallest absolute Gasteiger partial charge is 0.125 e. The lowest BCUT2D eigenvalue weighted by molar-refractivity contribution is -0.000793. The molecule has 0 fully saturated rings. The van der Waals surface area contributed by atoms with Gasteiger partial charge in [-0.25, -0.2) is 0 Å². The van der Waals surface area contributed by atoms with E-state index in [1.165, 1.54) is 0 Å². The second kappa shape index (κ2) is 5.93. The van der Waals surface area contributed by atoms with Gasteiger partial charge in [0, 0.05) is 11.1 Å². The second-order valence-corrected chi connectivity index (χ2v) is 5.71. The highest BCUT2D eigenvalue weighted by molar-refractivity contribution is 5.45. The largest absolute Gasteiger partial charge is 0.496 e. The number of nitrogens with zero attached hydrogens (tertiary/aromatic N) is 1. The highest BCUT2D eigenvalue weighted by Gasteiger charge is 2.36. The van der Waals surface area contributed by atoms with Gasteiger partial charge in [0.1, 0.15) is 11.9 Å². The Morgan fingerprint density at radius 1 is 1.32 bits per heavy atom. The molecular formula is C16H27NO2. The van der Waals surface area contributed by atoms with Crippen LogP contribution in [-0.2, 0) is 0 Å². The van der Waals surface area contributed by atoms with Gasteiger partial charge in [-0.1, -0.05) is 13.0 Å². The van der Waals surface area contributed by atoms with Gasteiger partial charge >= 0.3 is 0 Å². The summed E-state index contributed by atoms with van der Waals surface area (Å²) >= 11 is 0. The van der Waals surface area contributed by atoms with Gasteiger partial charge in [-0.05, 0) is 58.5 Å². The van der Waals surface area contributed by atoms with Crippen molar-refractivity contribution in [1.82, 2.24) is 4.90 Å². The number of rotatable bonds is 5. The van der Waals surface area contributed by atoms with Gasteiger partial charge in [0.25, 0.3) is 0 Å². The van der Waals surface area contributed by atoms with E-state index in [9.17, 15) is 5.11 Å². The van der Waals surface area contributed by atoms with Crippen molar-refractivity contribution in [1.29, 1.82) is 0 Å². The number of methoxy groups -OCH3 is 1. The van der Waals surface area contributed by atoms with E-state index in [0.717, 1.165) is 28.9 Å². The molecule has 2 atom stereocenters. The average Bonchev–Trinajstić information content (AvgIpc) is 2.35. The van der Waals surface area contributed by atoms with Crippen LogP contribution in [0.4, 0.5) is 0 Å². The Labute approximate surface area is 117 Å². The van der Waals surface area contributed by atoms with E-state index in [1.54, 1.807) is 7.11 Å². The van der Waals surface area contributed by atoms with Crippen LogP contribution in [0.2, 0.25) is 0 Å². The van der Waals surface area contributed by atoms with E-state index >= 15 is 0 Å². The minimum Gasteiger partial charge on any atom is -0.496 e. The maximum Gasteiger partial charge on any atom is 0.125 e. The molecule has 1 aromatic carbocycles. The van der Waals surface area contributed by atoms with Crippen molar-refractivity contribution in [2.45, 2.75) is 45.8 Å². The van der Waals surface area contributed by atoms with Crippen LogP contribution in [0.5, 0.6) is 5.75 Å². The van der Waals surface area contributed by atoms with Crippen LogP contribution in [0.25, 0.3) is 0 Å². The fraction of sp³-hybridized carbons (Fsp3) is 0.625. The SMILES string of the molecule is CCC(C)(C(O)c1c(C)cc(C)cc1OC)N(C)C. The summed E-state index contributed by atoms with van der Waals surface area (Å²) in [4.78, 5) is 2.08. The molecule has 3 nitrogen and oxygen atoms in total. The lowest BCUT2D eigenvalue weighted by Crippen LogP contribution is -2.46. The van der Waals surface area contributed by atoms with Gasteiger partial charge in [-0.2, -0.15) is 0 Å². The van der Waals surface area contributed by atoms with Crippen molar-refractivity contribution in [2.24, 2.45) is 0 Å². The van der Waals surface area contributed by atoms with Crippen LogP contribution in [0.1, 0.15) is 43.1 Å². The first kappa shape index (κ1) is 16.0. The van der Waals surface area contributed by atoms with E-state index in [4.69, 9.17) is 4.74 Å². The number of likely N-dealkylation sites (N-methyl/N-ethyl adjacent to an activating group) is 1. The predicted molar refractivity (Wildman–Crippen MR) is 79.8 cm³/mol. The van der Waals surface area contributed by atoms with Crippen molar-refractivity contribution >= 4 is 0 Å². The van der Waals surface area contributed by atoms with Gasteiger partial charge in [0.15, 0.2) is 0 Å². The summed E-state index contributed by atoms with van der Waals surface area (Å²) in [5.74, 6) is 0.770. The molecule has 0 heterocycles. The number of aliphatic hydroxyl groups is 1. The van der Waals surface area contributed by atoms with Gasteiger partial charge in [0.2, 0.25) is 0 Å². The van der Waals surface area contributed by atoms with Crippen molar-refractivity contribution in [3.8, 4) is 5.75 Å². The predicted octanol–water partition coefficient (Wildman–Crippen LogP) is 3.08.